The molecule has 2 amide bonds. The molecule has 0 bridgehead atoms. The smallest absolute Gasteiger partial charge is 0.251 e. The lowest BCUT2D eigenvalue weighted by Crippen LogP contribution is -2.47. The molecule has 1 heterocycles. The largest absolute Gasteiger partial charge is 0.504 e. The highest BCUT2D eigenvalue weighted by Crippen LogP contribution is 2.35. The van der Waals surface area contributed by atoms with Gasteiger partial charge in [0.25, 0.3) is 5.91 Å². The van der Waals surface area contributed by atoms with Crippen LogP contribution in [0.3, 0.4) is 0 Å². The van der Waals surface area contributed by atoms with Crippen LogP contribution in [0.5, 0.6) is 17.2 Å². The number of carbonyl (C=O) groups is 2. The minimum absolute atomic E-state index is 0.0447. The van der Waals surface area contributed by atoms with Crippen molar-refractivity contribution in [2.24, 2.45) is 0 Å². The number of piperidine rings is 1. The first kappa shape index (κ1) is 16.9. The first-order valence-electron chi connectivity index (χ1n) is 7.25. The Morgan fingerprint density at radius 2 is 1.78 bits per heavy atom. The highest BCUT2D eigenvalue weighted by Gasteiger charge is 2.24. The van der Waals surface area contributed by atoms with E-state index < -0.39 is 23.2 Å². The van der Waals surface area contributed by atoms with Gasteiger partial charge in [0.2, 0.25) is 5.91 Å². The Balaban J connectivity index is 1.91. The molecule has 23 heavy (non-hydrogen) atoms. The third-order valence-electron chi connectivity index (χ3n) is 3.78. The van der Waals surface area contributed by atoms with Gasteiger partial charge in [-0.25, -0.2) is 0 Å². The monoisotopic (exact) mass is 324 g/mol. The molecule has 8 nitrogen and oxygen atoms in total. The Hall–Kier alpha value is -2.48. The number of rotatable bonds is 4. The summed E-state index contributed by atoms with van der Waals surface area (Å²) in [5.41, 5.74) is 0.0516. The maximum Gasteiger partial charge on any atom is 0.251 e. The zero-order chi connectivity index (χ0) is 17.0. The van der Waals surface area contributed by atoms with Crippen molar-refractivity contribution < 1.29 is 29.6 Å². The van der Waals surface area contributed by atoms with E-state index in [4.69, 9.17) is 4.74 Å². The van der Waals surface area contributed by atoms with Crippen molar-refractivity contribution >= 4 is 11.8 Å². The Morgan fingerprint density at radius 3 is 2.30 bits per heavy atom. The van der Waals surface area contributed by atoms with Gasteiger partial charge in [-0.1, -0.05) is 0 Å². The number of ether oxygens (including phenoxy) is 1. The Labute approximate surface area is 133 Å². The quantitative estimate of drug-likeness (QED) is 0.586. The van der Waals surface area contributed by atoms with E-state index in [9.17, 15) is 24.9 Å². The average molecular weight is 324 g/mol. The van der Waals surface area contributed by atoms with Gasteiger partial charge in [-0.2, -0.15) is 0 Å². The summed E-state index contributed by atoms with van der Waals surface area (Å²) in [5.74, 6) is -2.32. The fourth-order valence-corrected chi connectivity index (χ4v) is 2.49. The van der Waals surface area contributed by atoms with Gasteiger partial charge in [0.1, 0.15) is 6.61 Å². The molecular weight excluding hydrogens is 304 g/mol. The number of methoxy groups -OCH3 is 1. The van der Waals surface area contributed by atoms with Crippen LogP contribution in [0.2, 0.25) is 0 Å². The Kier molecular flexibility index (Phi) is 5.28. The lowest BCUT2D eigenvalue weighted by Gasteiger charge is -2.32. The number of carbonyl (C=O) groups excluding carboxylic acids is 2. The second kappa shape index (κ2) is 7.19. The predicted octanol–water partition coefficient (Wildman–Crippen LogP) is 0.171. The molecule has 1 aliphatic heterocycles. The number of hydrogen-bond acceptors (Lipinski definition) is 6. The Morgan fingerprint density at radius 1 is 1.22 bits per heavy atom. The van der Waals surface area contributed by atoms with E-state index in [1.165, 1.54) is 7.11 Å². The van der Waals surface area contributed by atoms with Crippen molar-refractivity contribution in [3.8, 4) is 17.2 Å². The molecule has 2 rings (SSSR count). The molecule has 0 unspecified atom stereocenters. The van der Waals surface area contributed by atoms with Crippen LogP contribution in [0.4, 0.5) is 0 Å². The standard InChI is InChI=1S/C15H20N2O6/c1-23-8-13(20)17-4-2-10(3-5-17)16-15(22)9-6-11(18)14(21)12(19)7-9/h6-7,10,18-19,21H,2-5,8H2,1H3,(H,16,22). The first-order valence-corrected chi connectivity index (χ1v) is 7.25. The number of phenols is 3. The number of hydrogen-bond donors (Lipinski definition) is 4. The summed E-state index contributed by atoms with van der Waals surface area (Å²) in [4.78, 5) is 25.5. The molecule has 1 aliphatic rings. The molecule has 126 valence electrons. The molecule has 1 saturated heterocycles. The highest BCUT2D eigenvalue weighted by atomic mass is 16.5. The summed E-state index contributed by atoms with van der Waals surface area (Å²) >= 11 is 0. The van der Waals surface area contributed by atoms with E-state index in [-0.39, 0.29) is 24.1 Å². The number of nitrogens with zero attached hydrogens (tertiary/aromatic N) is 1. The number of likely N-dealkylation sites (tertiary alicyclic amines) is 1. The molecule has 1 aromatic carbocycles. The van der Waals surface area contributed by atoms with Crippen LogP contribution in [0.1, 0.15) is 23.2 Å². The molecule has 1 aromatic rings. The van der Waals surface area contributed by atoms with E-state index >= 15 is 0 Å². The van der Waals surface area contributed by atoms with Crippen molar-refractivity contribution in [2.75, 3.05) is 26.8 Å². The van der Waals surface area contributed by atoms with Crippen LogP contribution in [0.25, 0.3) is 0 Å². The molecular formula is C15H20N2O6. The minimum Gasteiger partial charge on any atom is -0.504 e. The predicted molar refractivity (Wildman–Crippen MR) is 80.4 cm³/mol. The van der Waals surface area contributed by atoms with Gasteiger partial charge in [-0.05, 0) is 25.0 Å². The van der Waals surface area contributed by atoms with Crippen LogP contribution in [0.15, 0.2) is 12.1 Å². The van der Waals surface area contributed by atoms with Crippen LogP contribution in [-0.2, 0) is 9.53 Å². The average Bonchev–Trinajstić information content (AvgIpc) is 2.53. The summed E-state index contributed by atoms with van der Waals surface area (Å²) in [6.07, 6.45) is 1.22. The van der Waals surface area contributed by atoms with Gasteiger partial charge < -0.3 is 30.3 Å². The Bertz CT molecular complexity index is 573. The molecule has 0 saturated carbocycles. The summed E-state index contributed by atoms with van der Waals surface area (Å²) in [6.45, 7) is 1.10. The second-order valence-electron chi connectivity index (χ2n) is 5.42. The van der Waals surface area contributed by atoms with Gasteiger partial charge >= 0.3 is 0 Å². The first-order chi connectivity index (χ1) is 10.9. The van der Waals surface area contributed by atoms with Crippen LogP contribution in [0, 0.1) is 0 Å². The zero-order valence-electron chi connectivity index (χ0n) is 12.8. The SMILES string of the molecule is COCC(=O)N1CCC(NC(=O)c2cc(O)c(O)c(O)c2)CC1. The van der Waals surface area contributed by atoms with Crippen LogP contribution in [-0.4, -0.2) is 64.9 Å². The molecule has 8 heteroatoms. The van der Waals surface area contributed by atoms with Crippen molar-refractivity contribution in [2.45, 2.75) is 18.9 Å². The van der Waals surface area contributed by atoms with E-state index in [0.717, 1.165) is 12.1 Å². The topological polar surface area (TPSA) is 119 Å². The summed E-state index contributed by atoms with van der Waals surface area (Å²) in [5, 5.41) is 30.9. The van der Waals surface area contributed by atoms with E-state index in [2.05, 4.69) is 5.32 Å². The lowest BCUT2D eigenvalue weighted by atomic mass is 10.0. The third-order valence-corrected chi connectivity index (χ3v) is 3.78. The number of aromatic hydroxyl groups is 3. The maximum atomic E-state index is 12.1. The van der Waals surface area contributed by atoms with Crippen LogP contribution >= 0.6 is 0 Å². The van der Waals surface area contributed by atoms with Gasteiger partial charge in [-0.15, -0.1) is 0 Å². The summed E-state index contributed by atoms with van der Waals surface area (Å²) in [7, 11) is 1.47. The van der Waals surface area contributed by atoms with Gasteiger partial charge in [0, 0.05) is 31.8 Å². The molecule has 4 N–H and O–H groups in total. The zero-order valence-corrected chi connectivity index (χ0v) is 12.8. The summed E-state index contributed by atoms with van der Waals surface area (Å²) in [6, 6.07) is 2.07. The highest BCUT2D eigenvalue weighted by molar-refractivity contribution is 5.95. The minimum atomic E-state index is -0.661. The molecule has 0 aromatic heterocycles. The van der Waals surface area contributed by atoms with E-state index in [1.54, 1.807) is 4.90 Å². The third kappa shape index (κ3) is 4.04. The summed E-state index contributed by atoms with van der Waals surface area (Å²) < 4.78 is 4.81. The molecule has 1 fully saturated rings. The van der Waals surface area contributed by atoms with Crippen molar-refractivity contribution in [1.82, 2.24) is 10.2 Å². The number of phenolic OH excluding ortho intramolecular Hbond substituents is 3. The number of benzene rings is 1. The molecule has 0 atom stereocenters. The van der Waals surface area contributed by atoms with Crippen molar-refractivity contribution in [3.05, 3.63) is 17.7 Å². The number of amides is 2. The van der Waals surface area contributed by atoms with Gasteiger partial charge in [-0.3, -0.25) is 9.59 Å². The van der Waals surface area contributed by atoms with Gasteiger partial charge in [0.05, 0.1) is 0 Å². The fourth-order valence-electron chi connectivity index (χ4n) is 2.49. The molecule has 0 aliphatic carbocycles. The van der Waals surface area contributed by atoms with Gasteiger partial charge in [0.15, 0.2) is 17.2 Å². The van der Waals surface area contributed by atoms with E-state index in [1.807, 2.05) is 0 Å². The van der Waals surface area contributed by atoms with E-state index in [0.29, 0.717) is 25.9 Å². The molecule has 0 spiro atoms. The van der Waals surface area contributed by atoms with Crippen LogP contribution < -0.4 is 5.32 Å². The molecule has 0 radical (unpaired) electrons. The maximum absolute atomic E-state index is 12.1. The number of nitrogens with one attached hydrogen (secondary N) is 1. The normalized spacial score (nSPS) is 15.4. The second-order valence-corrected chi connectivity index (χ2v) is 5.42. The van der Waals surface area contributed by atoms with Crippen molar-refractivity contribution in [1.29, 1.82) is 0 Å². The fraction of sp³-hybridized carbons (Fsp3) is 0.467. The lowest BCUT2D eigenvalue weighted by molar-refractivity contribution is -0.136. The van der Waals surface area contributed by atoms with Crippen molar-refractivity contribution in [3.63, 3.8) is 0 Å².